The van der Waals surface area contributed by atoms with E-state index in [1.807, 2.05) is 12.1 Å². The second-order valence-corrected chi connectivity index (χ2v) is 7.81. The second kappa shape index (κ2) is 17.4. The van der Waals surface area contributed by atoms with Crippen LogP contribution < -0.4 is 73.6 Å². The van der Waals surface area contributed by atoms with Gasteiger partial charge in [-0.2, -0.15) is 10.2 Å². The zero-order valence-electron chi connectivity index (χ0n) is 18.7. The molecule has 2 rings (SSSR count). The van der Waals surface area contributed by atoms with E-state index in [-0.39, 0.29) is 72.3 Å². The fourth-order valence-corrected chi connectivity index (χ4v) is 2.99. The number of hydrogen-bond acceptors (Lipinski definition) is 7. The van der Waals surface area contributed by atoms with Crippen molar-refractivity contribution < 1.29 is 82.7 Å². The SMILES string of the molecule is CCCCCCc1ccc(N=Nc2ccc(OCCCOP(=O)([O-])[O-])cc2)cc1.[Na+].[Na+]. The number of azo groups is 1. The average Bonchev–Trinajstić information content (AvgIpc) is 2.70. The third-order valence-electron chi connectivity index (χ3n) is 4.18. The van der Waals surface area contributed by atoms with Gasteiger partial charge in [0.25, 0.3) is 0 Å². The minimum atomic E-state index is -4.91. The van der Waals surface area contributed by atoms with Crippen molar-refractivity contribution in [3.8, 4) is 5.75 Å². The summed E-state index contributed by atoms with van der Waals surface area (Å²) >= 11 is 0. The summed E-state index contributed by atoms with van der Waals surface area (Å²) in [6.45, 7) is 2.27. The monoisotopic (exact) mass is 464 g/mol. The van der Waals surface area contributed by atoms with Crippen LogP contribution in [0.2, 0.25) is 0 Å². The van der Waals surface area contributed by atoms with E-state index in [0.29, 0.717) is 17.9 Å². The van der Waals surface area contributed by atoms with Gasteiger partial charge in [0.15, 0.2) is 0 Å². The molecule has 31 heavy (non-hydrogen) atoms. The van der Waals surface area contributed by atoms with Crippen molar-refractivity contribution in [1.29, 1.82) is 0 Å². The van der Waals surface area contributed by atoms with E-state index in [9.17, 15) is 14.4 Å². The van der Waals surface area contributed by atoms with Gasteiger partial charge in [0, 0.05) is 6.42 Å². The molecule has 0 aliphatic carbocycles. The zero-order valence-corrected chi connectivity index (χ0v) is 23.6. The first-order valence-electron chi connectivity index (χ1n) is 9.86. The Kier molecular flexibility index (Phi) is 17.4. The molecule has 0 atom stereocenters. The molecule has 0 fully saturated rings. The topological polar surface area (TPSA) is 106 Å². The van der Waals surface area contributed by atoms with E-state index in [1.165, 1.54) is 31.2 Å². The van der Waals surface area contributed by atoms with Crippen LogP contribution in [0.4, 0.5) is 11.4 Å². The van der Waals surface area contributed by atoms with E-state index in [4.69, 9.17) is 4.74 Å². The van der Waals surface area contributed by atoms with Crippen LogP contribution in [0.5, 0.6) is 5.75 Å². The molecule has 0 radical (unpaired) electrons. The summed E-state index contributed by atoms with van der Waals surface area (Å²) < 4.78 is 19.9. The second-order valence-electron chi connectivity index (χ2n) is 6.65. The van der Waals surface area contributed by atoms with E-state index in [2.05, 4.69) is 33.8 Å². The molecule has 7 nitrogen and oxygen atoms in total. The molecule has 0 aromatic heterocycles. The van der Waals surface area contributed by atoms with Crippen LogP contribution in [0.3, 0.4) is 0 Å². The largest absolute Gasteiger partial charge is 1.00 e. The van der Waals surface area contributed by atoms with Gasteiger partial charge >= 0.3 is 59.1 Å². The van der Waals surface area contributed by atoms with Crippen molar-refractivity contribution in [2.75, 3.05) is 13.2 Å². The zero-order chi connectivity index (χ0) is 21.0. The summed E-state index contributed by atoms with van der Waals surface area (Å²) in [4.78, 5) is 20.7. The first kappa shape index (κ1) is 30.9. The van der Waals surface area contributed by atoms with Gasteiger partial charge in [-0.3, -0.25) is 0 Å². The van der Waals surface area contributed by atoms with Gasteiger partial charge in [-0.1, -0.05) is 38.3 Å². The van der Waals surface area contributed by atoms with E-state index >= 15 is 0 Å². The minimum Gasteiger partial charge on any atom is -0.790 e. The molecule has 0 saturated carbocycles. The van der Waals surface area contributed by atoms with Gasteiger partial charge in [0.05, 0.1) is 32.4 Å². The fraction of sp³-hybridized carbons (Fsp3) is 0.429. The quantitative estimate of drug-likeness (QED) is 0.161. The molecular weight excluding hydrogens is 437 g/mol. The summed E-state index contributed by atoms with van der Waals surface area (Å²) in [7, 11) is -4.91. The van der Waals surface area contributed by atoms with Crippen molar-refractivity contribution in [2.24, 2.45) is 10.2 Å². The summed E-state index contributed by atoms with van der Waals surface area (Å²) in [5.74, 6) is 0.615. The van der Waals surface area contributed by atoms with Crippen molar-refractivity contribution in [2.45, 2.75) is 45.4 Å². The van der Waals surface area contributed by atoms with Crippen molar-refractivity contribution in [3.63, 3.8) is 0 Å². The summed E-state index contributed by atoms with van der Waals surface area (Å²) in [6.07, 6.45) is 6.41. The van der Waals surface area contributed by atoms with Gasteiger partial charge in [-0.05, 0) is 54.8 Å². The van der Waals surface area contributed by atoms with Gasteiger partial charge in [-0.15, -0.1) is 0 Å². The van der Waals surface area contributed by atoms with Crippen LogP contribution in [0.25, 0.3) is 0 Å². The number of nitrogens with zero attached hydrogens (tertiary/aromatic N) is 2. The summed E-state index contributed by atoms with van der Waals surface area (Å²) in [5, 5.41) is 8.47. The maximum atomic E-state index is 10.3. The molecule has 0 aliphatic rings. The molecule has 0 amide bonds. The van der Waals surface area contributed by atoms with Crippen LogP contribution >= 0.6 is 7.82 Å². The Labute approximate surface area is 228 Å². The Balaban J connectivity index is 0.00000450. The molecule has 2 aromatic carbocycles. The molecule has 0 bridgehead atoms. The maximum absolute atomic E-state index is 10.3. The predicted molar refractivity (Wildman–Crippen MR) is 109 cm³/mol. The number of hydrogen-bond donors (Lipinski definition) is 0. The number of ether oxygens (including phenoxy) is 1. The summed E-state index contributed by atoms with van der Waals surface area (Å²) in [6, 6.07) is 15.2. The predicted octanol–water partition coefficient (Wildman–Crippen LogP) is -1.15. The first-order chi connectivity index (χ1) is 14.0. The smallest absolute Gasteiger partial charge is 0.790 e. The Morgan fingerprint density at radius 2 is 1.39 bits per heavy atom. The van der Waals surface area contributed by atoms with Crippen molar-refractivity contribution in [1.82, 2.24) is 0 Å². The van der Waals surface area contributed by atoms with Crippen LogP contribution in [-0.4, -0.2) is 13.2 Å². The van der Waals surface area contributed by atoms with Gasteiger partial charge in [0.2, 0.25) is 0 Å². The normalized spacial score (nSPS) is 11.1. The molecule has 2 aromatic rings. The Bertz CT molecular complexity index is 798. The van der Waals surface area contributed by atoms with Crippen LogP contribution in [-0.2, 0) is 15.5 Å². The molecular formula is C21H27N2Na2O5P. The average molecular weight is 464 g/mol. The standard InChI is InChI=1S/C21H29N2O5P.2Na/c1-2-3-4-5-7-18-8-10-19(11-9-18)22-23-20-12-14-21(15-13-20)27-16-6-17-28-29(24,25)26;;/h8-15H,2-7,16-17H2,1H3,(H2,24,25,26);;/q;2*+1/p-2. The van der Waals surface area contributed by atoms with E-state index in [1.54, 1.807) is 24.3 Å². The van der Waals surface area contributed by atoms with Gasteiger partial charge < -0.3 is 23.6 Å². The van der Waals surface area contributed by atoms with Crippen LogP contribution in [0.1, 0.15) is 44.6 Å². The molecule has 0 N–H and O–H groups in total. The van der Waals surface area contributed by atoms with Gasteiger partial charge in [0.1, 0.15) is 5.75 Å². The molecule has 0 heterocycles. The molecule has 0 aliphatic heterocycles. The maximum Gasteiger partial charge on any atom is 1.00 e. The number of phosphoric acid groups is 1. The van der Waals surface area contributed by atoms with Gasteiger partial charge in [-0.25, -0.2) is 0 Å². The number of phosphoric ester groups is 1. The Hall–Kier alpha value is -0.0500. The summed E-state index contributed by atoms with van der Waals surface area (Å²) in [5.41, 5.74) is 2.82. The third kappa shape index (κ3) is 14.7. The van der Waals surface area contributed by atoms with Crippen LogP contribution in [0.15, 0.2) is 58.8 Å². The molecule has 10 heteroatoms. The Morgan fingerprint density at radius 3 is 1.94 bits per heavy atom. The molecule has 0 unspecified atom stereocenters. The minimum absolute atomic E-state index is 0. The third-order valence-corrected chi connectivity index (χ3v) is 4.68. The number of aryl methyl sites for hydroxylation is 1. The Morgan fingerprint density at radius 1 is 0.806 bits per heavy atom. The number of unbranched alkanes of at least 4 members (excludes halogenated alkanes) is 3. The number of benzene rings is 2. The number of rotatable bonds is 13. The van der Waals surface area contributed by atoms with E-state index in [0.717, 1.165) is 12.1 Å². The molecule has 158 valence electrons. The fourth-order valence-electron chi connectivity index (χ4n) is 2.63. The van der Waals surface area contributed by atoms with Crippen LogP contribution in [0, 0.1) is 0 Å². The van der Waals surface area contributed by atoms with Crippen molar-refractivity contribution in [3.05, 3.63) is 54.1 Å². The molecule has 0 saturated heterocycles. The van der Waals surface area contributed by atoms with E-state index < -0.39 is 7.82 Å². The first-order valence-corrected chi connectivity index (χ1v) is 11.3. The van der Waals surface area contributed by atoms with Crippen molar-refractivity contribution >= 4 is 19.2 Å². The molecule has 0 spiro atoms.